The number of thiocarbonyl (C=S) groups is 1. The van der Waals surface area contributed by atoms with Crippen molar-refractivity contribution in [1.29, 1.82) is 0 Å². The molecular weight excluding hydrogens is 381 g/mol. The summed E-state index contributed by atoms with van der Waals surface area (Å²) >= 11 is 7.90. The van der Waals surface area contributed by atoms with Crippen molar-refractivity contribution in [2.24, 2.45) is 5.73 Å². The molecule has 0 saturated heterocycles. The lowest BCUT2D eigenvalue weighted by molar-refractivity contribution is 0.594. The van der Waals surface area contributed by atoms with E-state index in [9.17, 15) is 12.8 Å². The first-order valence-electron chi connectivity index (χ1n) is 5.54. The number of nitrogens with zero attached hydrogens (tertiary/aromatic N) is 1. The predicted octanol–water partition coefficient (Wildman–Crippen LogP) is 2.42. The van der Waals surface area contributed by atoms with Crippen LogP contribution in [0.25, 0.3) is 0 Å². The van der Waals surface area contributed by atoms with Crippen molar-refractivity contribution in [2.45, 2.75) is 4.90 Å². The molecular formula is C12H9BrFN3O2S2. The topological polar surface area (TPSA) is 85.1 Å². The molecule has 0 aliphatic carbocycles. The van der Waals surface area contributed by atoms with Crippen LogP contribution in [0.1, 0.15) is 5.56 Å². The van der Waals surface area contributed by atoms with E-state index in [-0.39, 0.29) is 21.3 Å². The highest BCUT2D eigenvalue weighted by atomic mass is 79.9. The number of pyridine rings is 1. The highest BCUT2D eigenvalue weighted by Crippen LogP contribution is 2.21. The fraction of sp³-hybridized carbons (Fsp3) is 0. The molecule has 0 fully saturated rings. The lowest BCUT2D eigenvalue weighted by Crippen LogP contribution is -2.21. The van der Waals surface area contributed by atoms with Gasteiger partial charge in [0.05, 0.1) is 5.56 Å². The molecule has 5 nitrogen and oxygen atoms in total. The van der Waals surface area contributed by atoms with Crippen LogP contribution in [0.4, 0.5) is 10.2 Å². The Kier molecular flexibility index (Phi) is 4.55. The summed E-state index contributed by atoms with van der Waals surface area (Å²) in [5, 5.41) is 0. The van der Waals surface area contributed by atoms with Crippen molar-refractivity contribution in [3.05, 3.63) is 52.4 Å². The number of hydrogen-bond acceptors (Lipinski definition) is 4. The standard InChI is InChI=1S/C12H9BrFN3O2S2/c13-7-4-5-10(16-6-7)17-21(18,19)9-3-1-2-8(14)11(9)12(15)20/h1-6H,(H2,15,20)(H,16,17). The van der Waals surface area contributed by atoms with Crippen molar-refractivity contribution in [1.82, 2.24) is 4.98 Å². The fourth-order valence-electron chi connectivity index (χ4n) is 1.60. The number of halogens is 2. The van der Waals surface area contributed by atoms with Crippen molar-refractivity contribution in [3.8, 4) is 0 Å². The minimum atomic E-state index is -4.06. The first kappa shape index (κ1) is 15.8. The summed E-state index contributed by atoms with van der Waals surface area (Å²) in [5.41, 5.74) is 5.08. The van der Waals surface area contributed by atoms with Crippen LogP contribution in [0.3, 0.4) is 0 Å². The maximum absolute atomic E-state index is 13.7. The Labute approximate surface area is 134 Å². The zero-order chi connectivity index (χ0) is 15.6. The summed E-state index contributed by atoms with van der Waals surface area (Å²) in [7, 11) is -4.06. The van der Waals surface area contributed by atoms with Gasteiger partial charge < -0.3 is 5.73 Å². The second-order valence-electron chi connectivity index (χ2n) is 3.94. The lowest BCUT2D eigenvalue weighted by atomic mass is 10.2. The zero-order valence-electron chi connectivity index (χ0n) is 10.4. The van der Waals surface area contributed by atoms with Crippen LogP contribution in [0, 0.1) is 5.82 Å². The molecule has 0 radical (unpaired) electrons. The van der Waals surface area contributed by atoms with Gasteiger partial charge in [-0.3, -0.25) is 4.72 Å². The molecule has 0 atom stereocenters. The summed E-state index contributed by atoms with van der Waals surface area (Å²) in [6.45, 7) is 0. The molecule has 1 heterocycles. The summed E-state index contributed by atoms with van der Waals surface area (Å²) in [6.07, 6.45) is 1.43. The third-order valence-electron chi connectivity index (χ3n) is 2.48. The van der Waals surface area contributed by atoms with E-state index in [0.717, 1.165) is 6.07 Å². The van der Waals surface area contributed by atoms with Gasteiger partial charge in [-0.25, -0.2) is 17.8 Å². The second kappa shape index (κ2) is 6.04. The van der Waals surface area contributed by atoms with E-state index in [1.807, 2.05) is 0 Å². The summed E-state index contributed by atoms with van der Waals surface area (Å²) in [5.74, 6) is -0.703. The Hall–Kier alpha value is -1.58. The van der Waals surface area contributed by atoms with Gasteiger partial charge in [0.25, 0.3) is 10.0 Å². The van der Waals surface area contributed by atoms with Crippen molar-refractivity contribution in [2.75, 3.05) is 4.72 Å². The monoisotopic (exact) mass is 389 g/mol. The third-order valence-corrected chi connectivity index (χ3v) is 4.55. The average molecular weight is 390 g/mol. The van der Waals surface area contributed by atoms with Gasteiger partial charge in [-0.2, -0.15) is 0 Å². The first-order valence-corrected chi connectivity index (χ1v) is 8.22. The van der Waals surface area contributed by atoms with E-state index in [2.05, 4.69) is 25.6 Å². The van der Waals surface area contributed by atoms with E-state index in [1.165, 1.54) is 24.4 Å². The zero-order valence-corrected chi connectivity index (χ0v) is 13.6. The van der Waals surface area contributed by atoms with Crippen LogP contribution in [-0.2, 0) is 10.0 Å². The van der Waals surface area contributed by atoms with Gasteiger partial charge >= 0.3 is 0 Å². The molecule has 2 aromatic rings. The average Bonchev–Trinajstić information content (AvgIpc) is 2.40. The molecule has 0 aliphatic rings. The maximum Gasteiger partial charge on any atom is 0.263 e. The fourth-order valence-corrected chi connectivity index (χ4v) is 3.34. The van der Waals surface area contributed by atoms with Gasteiger partial charge in [0.15, 0.2) is 0 Å². The summed E-state index contributed by atoms with van der Waals surface area (Å²) < 4.78 is 41.3. The van der Waals surface area contributed by atoms with Crippen molar-refractivity contribution < 1.29 is 12.8 Å². The number of nitrogens with one attached hydrogen (secondary N) is 1. The van der Waals surface area contributed by atoms with Crippen LogP contribution < -0.4 is 10.5 Å². The summed E-state index contributed by atoms with van der Waals surface area (Å²) in [4.78, 5) is 3.22. The van der Waals surface area contributed by atoms with Crippen LogP contribution in [0.2, 0.25) is 0 Å². The largest absolute Gasteiger partial charge is 0.389 e. The van der Waals surface area contributed by atoms with E-state index >= 15 is 0 Å². The number of sulfonamides is 1. The van der Waals surface area contributed by atoms with Crippen LogP contribution in [0.5, 0.6) is 0 Å². The Balaban J connectivity index is 2.47. The van der Waals surface area contributed by atoms with Crippen LogP contribution in [-0.4, -0.2) is 18.4 Å². The van der Waals surface area contributed by atoms with Crippen LogP contribution >= 0.6 is 28.1 Å². The number of anilines is 1. The van der Waals surface area contributed by atoms with Gasteiger partial charge in [0.1, 0.15) is 21.5 Å². The Bertz CT molecular complexity index is 795. The minimum Gasteiger partial charge on any atom is -0.389 e. The summed E-state index contributed by atoms with van der Waals surface area (Å²) in [6, 6.07) is 6.65. The highest BCUT2D eigenvalue weighted by Gasteiger charge is 2.23. The molecule has 1 aromatic heterocycles. The quantitative estimate of drug-likeness (QED) is 0.784. The normalized spacial score (nSPS) is 11.1. The van der Waals surface area contributed by atoms with Crippen molar-refractivity contribution in [3.63, 3.8) is 0 Å². The number of benzene rings is 1. The smallest absolute Gasteiger partial charge is 0.263 e. The molecule has 1 aromatic carbocycles. The molecule has 9 heteroatoms. The molecule has 0 spiro atoms. The molecule has 0 unspecified atom stereocenters. The van der Waals surface area contributed by atoms with Gasteiger partial charge in [0, 0.05) is 10.7 Å². The maximum atomic E-state index is 13.7. The van der Waals surface area contributed by atoms with Gasteiger partial charge in [-0.15, -0.1) is 0 Å². The van der Waals surface area contributed by atoms with E-state index in [0.29, 0.717) is 4.47 Å². The second-order valence-corrected chi connectivity index (χ2v) is 6.95. The van der Waals surface area contributed by atoms with E-state index in [4.69, 9.17) is 18.0 Å². The Morgan fingerprint density at radius 2 is 2.05 bits per heavy atom. The number of aromatic nitrogens is 1. The number of rotatable bonds is 4. The SMILES string of the molecule is NC(=S)c1c(F)cccc1S(=O)(=O)Nc1ccc(Br)cn1. The lowest BCUT2D eigenvalue weighted by Gasteiger charge is -2.11. The van der Waals surface area contributed by atoms with E-state index in [1.54, 1.807) is 6.07 Å². The Morgan fingerprint density at radius 1 is 1.33 bits per heavy atom. The molecule has 0 aliphatic heterocycles. The number of nitrogens with two attached hydrogens (primary N) is 1. The molecule has 21 heavy (non-hydrogen) atoms. The van der Waals surface area contributed by atoms with Crippen molar-refractivity contribution >= 4 is 49.0 Å². The van der Waals surface area contributed by atoms with Crippen LogP contribution in [0.15, 0.2) is 45.9 Å². The van der Waals surface area contributed by atoms with E-state index < -0.39 is 15.8 Å². The van der Waals surface area contributed by atoms with Gasteiger partial charge in [0.2, 0.25) is 0 Å². The van der Waals surface area contributed by atoms with Gasteiger partial charge in [-0.05, 0) is 40.2 Å². The molecule has 0 saturated carbocycles. The Morgan fingerprint density at radius 3 is 2.62 bits per heavy atom. The minimum absolute atomic E-state index is 0.0938. The molecule has 3 N–H and O–H groups in total. The molecule has 110 valence electrons. The highest BCUT2D eigenvalue weighted by molar-refractivity contribution is 9.10. The number of hydrogen-bond donors (Lipinski definition) is 2. The molecule has 2 rings (SSSR count). The first-order chi connectivity index (χ1) is 9.81. The predicted molar refractivity (Wildman–Crippen MR) is 85.0 cm³/mol. The molecule has 0 amide bonds. The third kappa shape index (κ3) is 3.55. The molecule has 0 bridgehead atoms. The van der Waals surface area contributed by atoms with Gasteiger partial charge in [-0.1, -0.05) is 18.3 Å².